The third-order valence-electron chi connectivity index (χ3n) is 2.79. The second-order valence-electron chi connectivity index (χ2n) is 4.05. The van der Waals surface area contributed by atoms with Crippen molar-refractivity contribution in [2.75, 3.05) is 13.1 Å². The van der Waals surface area contributed by atoms with Crippen molar-refractivity contribution >= 4 is 5.91 Å². The largest absolute Gasteiger partial charge is 0.335 e. The lowest BCUT2D eigenvalue weighted by atomic mass is 10.2. The van der Waals surface area contributed by atoms with Gasteiger partial charge in [-0.05, 0) is 18.7 Å². The third-order valence-corrected chi connectivity index (χ3v) is 2.79. The van der Waals surface area contributed by atoms with Gasteiger partial charge in [0, 0.05) is 25.2 Å². The Labute approximate surface area is 95.7 Å². The molecule has 4 heteroatoms. The van der Waals surface area contributed by atoms with Crippen molar-refractivity contribution in [1.29, 1.82) is 0 Å². The molecule has 1 aliphatic rings. The number of nitrogens with zero attached hydrogens (tertiary/aromatic N) is 2. The molecule has 0 saturated carbocycles. The number of nitrogens with one attached hydrogen (secondary N) is 1. The minimum Gasteiger partial charge on any atom is -0.335 e. The molecule has 0 bridgehead atoms. The highest BCUT2D eigenvalue weighted by Gasteiger charge is 2.28. The molecule has 2 rings (SSSR count). The van der Waals surface area contributed by atoms with Gasteiger partial charge in [-0.25, -0.2) is 0 Å². The maximum atomic E-state index is 11.7. The maximum absolute atomic E-state index is 11.7. The van der Waals surface area contributed by atoms with E-state index in [9.17, 15) is 4.79 Å². The zero-order chi connectivity index (χ0) is 11.4. The Bertz CT molecular complexity index is 353. The number of hydrogen-bond donors (Lipinski definition) is 1. The van der Waals surface area contributed by atoms with E-state index in [-0.39, 0.29) is 5.91 Å². The fourth-order valence-corrected chi connectivity index (χ4v) is 2.04. The van der Waals surface area contributed by atoms with Crippen LogP contribution in [0, 0.1) is 0 Å². The van der Waals surface area contributed by atoms with Crippen LogP contribution in [0.15, 0.2) is 24.4 Å². The van der Waals surface area contributed by atoms with Crippen molar-refractivity contribution in [3.63, 3.8) is 0 Å². The molecule has 1 fully saturated rings. The van der Waals surface area contributed by atoms with Crippen LogP contribution < -0.4 is 5.32 Å². The summed E-state index contributed by atoms with van der Waals surface area (Å²) >= 11 is 0. The van der Waals surface area contributed by atoms with Crippen LogP contribution >= 0.6 is 0 Å². The summed E-state index contributed by atoms with van der Waals surface area (Å²) in [6.45, 7) is 4.39. The van der Waals surface area contributed by atoms with Gasteiger partial charge in [0.05, 0.1) is 12.2 Å². The van der Waals surface area contributed by atoms with Gasteiger partial charge in [0.25, 0.3) is 0 Å². The molecule has 16 heavy (non-hydrogen) atoms. The highest BCUT2D eigenvalue weighted by Crippen LogP contribution is 2.13. The van der Waals surface area contributed by atoms with Crippen molar-refractivity contribution in [3.05, 3.63) is 30.1 Å². The predicted molar refractivity (Wildman–Crippen MR) is 61.7 cm³/mol. The first-order valence-electron chi connectivity index (χ1n) is 5.70. The summed E-state index contributed by atoms with van der Waals surface area (Å²) in [5.74, 6) is 0.219. The Morgan fingerprint density at radius 2 is 2.44 bits per heavy atom. The average molecular weight is 219 g/mol. The first kappa shape index (κ1) is 11.1. The molecule has 1 atom stereocenters. The van der Waals surface area contributed by atoms with Crippen molar-refractivity contribution in [1.82, 2.24) is 15.2 Å². The molecule has 1 unspecified atom stereocenters. The molecule has 0 aromatic carbocycles. The smallest absolute Gasteiger partial charge is 0.224 e. The van der Waals surface area contributed by atoms with E-state index in [1.807, 2.05) is 23.1 Å². The Morgan fingerprint density at radius 1 is 1.56 bits per heavy atom. The molecule has 1 aromatic rings. The molecule has 0 radical (unpaired) electrons. The second-order valence-corrected chi connectivity index (χ2v) is 4.05. The molecule has 1 N–H and O–H groups in total. The van der Waals surface area contributed by atoms with Crippen molar-refractivity contribution < 1.29 is 4.79 Å². The molecular formula is C12H17N3O. The first-order chi connectivity index (χ1) is 7.79. The quantitative estimate of drug-likeness (QED) is 0.814. The molecule has 1 amide bonds. The van der Waals surface area contributed by atoms with Gasteiger partial charge >= 0.3 is 0 Å². The Balaban J connectivity index is 1.94. The van der Waals surface area contributed by atoms with E-state index < -0.39 is 0 Å². The van der Waals surface area contributed by atoms with E-state index in [2.05, 4.69) is 17.2 Å². The maximum Gasteiger partial charge on any atom is 0.224 e. The average Bonchev–Trinajstić information content (AvgIpc) is 2.61. The molecule has 1 aromatic heterocycles. The number of likely N-dealkylation sites (tertiary alicyclic amines) is 1. The molecule has 2 heterocycles. The first-order valence-corrected chi connectivity index (χ1v) is 5.70. The number of pyridine rings is 1. The van der Waals surface area contributed by atoms with Crippen LogP contribution in [-0.2, 0) is 11.3 Å². The van der Waals surface area contributed by atoms with Crippen molar-refractivity contribution in [2.24, 2.45) is 0 Å². The number of likely N-dealkylation sites (N-methyl/N-ethyl adjacent to an activating group) is 1. The zero-order valence-corrected chi connectivity index (χ0v) is 9.52. The summed E-state index contributed by atoms with van der Waals surface area (Å²) in [6, 6.07) is 6.09. The van der Waals surface area contributed by atoms with Crippen LogP contribution in [0.1, 0.15) is 19.0 Å². The summed E-state index contributed by atoms with van der Waals surface area (Å²) < 4.78 is 0. The van der Waals surface area contributed by atoms with E-state index in [4.69, 9.17) is 0 Å². The predicted octanol–water partition coefficient (Wildman–Crippen LogP) is 0.792. The van der Waals surface area contributed by atoms with Gasteiger partial charge in [-0.1, -0.05) is 13.0 Å². The minimum absolute atomic E-state index is 0.219. The fraction of sp³-hybridized carbons (Fsp3) is 0.500. The Morgan fingerprint density at radius 3 is 3.12 bits per heavy atom. The van der Waals surface area contributed by atoms with Gasteiger partial charge < -0.3 is 10.2 Å². The highest BCUT2D eigenvalue weighted by molar-refractivity contribution is 5.79. The Kier molecular flexibility index (Phi) is 3.51. The number of carbonyl (C=O) groups is 1. The third kappa shape index (κ3) is 2.58. The number of amides is 1. The van der Waals surface area contributed by atoms with Gasteiger partial charge in [-0.15, -0.1) is 0 Å². The standard InChI is InChI=1S/C12H17N3O/c1-2-13-11-7-12(16)15(9-11)8-10-5-3-4-6-14-10/h3-6,11,13H,2,7-9H2,1H3. The highest BCUT2D eigenvalue weighted by atomic mass is 16.2. The summed E-state index contributed by atoms with van der Waals surface area (Å²) in [5.41, 5.74) is 0.952. The molecule has 86 valence electrons. The van der Waals surface area contributed by atoms with E-state index in [0.717, 1.165) is 18.8 Å². The SMILES string of the molecule is CCNC1CC(=O)N(Cc2ccccn2)C1. The van der Waals surface area contributed by atoms with E-state index in [1.54, 1.807) is 6.20 Å². The van der Waals surface area contributed by atoms with Crippen LogP contribution in [0.2, 0.25) is 0 Å². The monoisotopic (exact) mass is 219 g/mol. The van der Waals surface area contributed by atoms with Crippen molar-refractivity contribution in [2.45, 2.75) is 25.9 Å². The van der Waals surface area contributed by atoms with E-state index in [0.29, 0.717) is 19.0 Å². The van der Waals surface area contributed by atoms with Gasteiger partial charge in [0.15, 0.2) is 0 Å². The van der Waals surface area contributed by atoms with Gasteiger partial charge in [-0.3, -0.25) is 9.78 Å². The van der Waals surface area contributed by atoms with E-state index >= 15 is 0 Å². The second kappa shape index (κ2) is 5.07. The van der Waals surface area contributed by atoms with Crippen LogP contribution in [-0.4, -0.2) is 34.9 Å². The van der Waals surface area contributed by atoms with E-state index in [1.165, 1.54) is 0 Å². The summed E-state index contributed by atoms with van der Waals surface area (Å²) in [4.78, 5) is 17.8. The van der Waals surface area contributed by atoms with Gasteiger partial charge in [-0.2, -0.15) is 0 Å². The lowest BCUT2D eigenvalue weighted by Gasteiger charge is -2.16. The van der Waals surface area contributed by atoms with Crippen LogP contribution in [0.25, 0.3) is 0 Å². The summed E-state index contributed by atoms with van der Waals surface area (Å²) in [7, 11) is 0. The molecule has 0 aliphatic carbocycles. The summed E-state index contributed by atoms with van der Waals surface area (Å²) in [5, 5.41) is 3.31. The van der Waals surface area contributed by atoms with Gasteiger partial charge in [0.2, 0.25) is 5.91 Å². The normalized spacial score (nSPS) is 20.4. The minimum atomic E-state index is 0.219. The number of rotatable bonds is 4. The molecule has 1 saturated heterocycles. The van der Waals surface area contributed by atoms with Crippen molar-refractivity contribution in [3.8, 4) is 0 Å². The zero-order valence-electron chi connectivity index (χ0n) is 9.52. The topological polar surface area (TPSA) is 45.2 Å². The molecule has 1 aliphatic heterocycles. The van der Waals surface area contributed by atoms with Crippen LogP contribution in [0.4, 0.5) is 0 Å². The molecular weight excluding hydrogens is 202 g/mol. The molecule has 0 spiro atoms. The lowest BCUT2D eigenvalue weighted by molar-refractivity contribution is -0.128. The van der Waals surface area contributed by atoms with Crippen LogP contribution in [0.5, 0.6) is 0 Å². The number of carbonyl (C=O) groups excluding carboxylic acids is 1. The lowest BCUT2D eigenvalue weighted by Crippen LogP contribution is -2.32. The molecule has 4 nitrogen and oxygen atoms in total. The fourth-order valence-electron chi connectivity index (χ4n) is 2.04. The Hall–Kier alpha value is -1.42. The van der Waals surface area contributed by atoms with Gasteiger partial charge in [0.1, 0.15) is 0 Å². The number of aromatic nitrogens is 1. The summed E-state index contributed by atoms with van der Waals surface area (Å²) in [6.07, 6.45) is 2.37. The number of hydrogen-bond acceptors (Lipinski definition) is 3. The van der Waals surface area contributed by atoms with Crippen LogP contribution in [0.3, 0.4) is 0 Å².